The maximum Gasteiger partial charge on any atom is 0.200 e. The molecule has 1 aliphatic carbocycles. The molecule has 0 radical (unpaired) electrons. The molecule has 3 unspecified atom stereocenters. The molecule has 6 nitrogen and oxygen atoms in total. The minimum absolute atomic E-state index is 0.282. The van der Waals surface area contributed by atoms with E-state index in [1.807, 2.05) is 0 Å². The first-order chi connectivity index (χ1) is 14.4. The van der Waals surface area contributed by atoms with Crippen molar-refractivity contribution < 1.29 is 26.7 Å². The summed E-state index contributed by atoms with van der Waals surface area (Å²) in [6, 6.07) is -0.282. The van der Waals surface area contributed by atoms with Crippen LogP contribution in [0.3, 0.4) is 0 Å². The summed E-state index contributed by atoms with van der Waals surface area (Å²) in [7, 11) is 0. The highest BCUT2D eigenvalue weighted by Crippen LogP contribution is 2.34. The van der Waals surface area contributed by atoms with Crippen LogP contribution in [0.1, 0.15) is 44.3 Å². The van der Waals surface area contributed by atoms with E-state index in [1.54, 1.807) is 6.20 Å². The second-order valence-electron chi connectivity index (χ2n) is 7.19. The Hall–Kier alpha value is -2.82. The number of halogens is 5. The van der Waals surface area contributed by atoms with Crippen LogP contribution in [0.25, 0.3) is 11.0 Å². The van der Waals surface area contributed by atoms with Crippen molar-refractivity contribution in [2.24, 2.45) is 0 Å². The minimum Gasteiger partial charge on any atom is -0.368 e. The van der Waals surface area contributed by atoms with Crippen LogP contribution in [0.2, 0.25) is 0 Å². The number of nitrogens with one attached hydrogen (secondary N) is 2. The monoisotopic (exact) mass is 427 g/mol. The zero-order valence-corrected chi connectivity index (χ0v) is 15.9. The summed E-state index contributed by atoms with van der Waals surface area (Å²) in [5, 5.41) is 10.6. The number of hydrogen-bond donors (Lipinski definition) is 2. The number of benzene rings is 1. The third-order valence-corrected chi connectivity index (χ3v) is 5.30. The van der Waals surface area contributed by atoms with E-state index in [0.29, 0.717) is 29.7 Å². The van der Waals surface area contributed by atoms with Crippen LogP contribution < -0.4 is 5.32 Å². The second-order valence-corrected chi connectivity index (χ2v) is 7.19. The van der Waals surface area contributed by atoms with Gasteiger partial charge in [-0.2, -0.15) is 5.10 Å². The number of anilines is 1. The Morgan fingerprint density at radius 2 is 1.67 bits per heavy atom. The van der Waals surface area contributed by atoms with Crippen LogP contribution in [0.5, 0.6) is 0 Å². The highest BCUT2D eigenvalue weighted by Gasteiger charge is 2.33. The van der Waals surface area contributed by atoms with Crippen LogP contribution >= 0.6 is 0 Å². The lowest BCUT2D eigenvalue weighted by molar-refractivity contribution is -0.0323. The first-order valence-electron chi connectivity index (χ1n) is 9.45. The van der Waals surface area contributed by atoms with Gasteiger partial charge in [-0.3, -0.25) is 5.10 Å². The highest BCUT2D eigenvalue weighted by molar-refractivity contribution is 5.85. The molecule has 0 amide bonds. The van der Waals surface area contributed by atoms with Crippen molar-refractivity contribution in [3.63, 3.8) is 0 Å². The Bertz CT molecular complexity index is 1050. The maximum atomic E-state index is 14.1. The zero-order chi connectivity index (χ0) is 21.4. The molecule has 4 rings (SSSR count). The first kappa shape index (κ1) is 20.5. The SMILES string of the molecule is CC(OC1CCCCC1Nc1ncnc2[nH]ncc12)c1c(F)c(F)c(F)c(F)c1F. The summed E-state index contributed by atoms with van der Waals surface area (Å²) >= 11 is 0. The van der Waals surface area contributed by atoms with E-state index in [9.17, 15) is 22.0 Å². The van der Waals surface area contributed by atoms with Crippen molar-refractivity contribution in [1.29, 1.82) is 0 Å². The fraction of sp³-hybridized carbons (Fsp3) is 0.421. The van der Waals surface area contributed by atoms with Crippen molar-refractivity contribution in [2.45, 2.75) is 50.9 Å². The largest absolute Gasteiger partial charge is 0.368 e. The second kappa shape index (κ2) is 8.13. The lowest BCUT2D eigenvalue weighted by atomic mass is 9.92. The van der Waals surface area contributed by atoms with Crippen molar-refractivity contribution in [3.05, 3.63) is 47.2 Å². The predicted molar refractivity (Wildman–Crippen MR) is 97.1 cm³/mol. The number of H-pyrrole nitrogens is 1. The van der Waals surface area contributed by atoms with Gasteiger partial charge in [-0.15, -0.1) is 0 Å². The summed E-state index contributed by atoms with van der Waals surface area (Å²) in [6.45, 7) is 1.27. The summed E-state index contributed by atoms with van der Waals surface area (Å²) in [5.74, 6) is -9.41. The Kier molecular flexibility index (Phi) is 5.54. The quantitative estimate of drug-likeness (QED) is 0.355. The number of hydrogen-bond acceptors (Lipinski definition) is 5. The van der Waals surface area contributed by atoms with E-state index in [-0.39, 0.29) is 6.04 Å². The fourth-order valence-corrected chi connectivity index (χ4v) is 3.79. The minimum atomic E-state index is -2.19. The van der Waals surface area contributed by atoms with E-state index >= 15 is 0 Å². The zero-order valence-electron chi connectivity index (χ0n) is 15.9. The molecule has 3 aromatic rings. The summed E-state index contributed by atoms with van der Waals surface area (Å²) in [6.07, 6.45) is 3.97. The van der Waals surface area contributed by atoms with Crippen LogP contribution in [-0.2, 0) is 4.74 Å². The third kappa shape index (κ3) is 3.57. The Labute approximate surface area is 167 Å². The number of ether oxygens (including phenoxy) is 1. The van der Waals surface area contributed by atoms with Gasteiger partial charge in [0, 0.05) is 0 Å². The molecule has 11 heteroatoms. The molecule has 0 spiro atoms. The molecule has 2 N–H and O–H groups in total. The van der Waals surface area contributed by atoms with Gasteiger partial charge in [0.15, 0.2) is 28.9 Å². The van der Waals surface area contributed by atoms with E-state index in [4.69, 9.17) is 4.74 Å². The fourth-order valence-electron chi connectivity index (χ4n) is 3.79. The van der Waals surface area contributed by atoms with Gasteiger partial charge >= 0.3 is 0 Å². The molecular formula is C19H18F5N5O. The highest BCUT2D eigenvalue weighted by atomic mass is 19.2. The predicted octanol–water partition coefficient (Wildman–Crippen LogP) is 4.55. The molecule has 0 saturated heterocycles. The maximum absolute atomic E-state index is 14.1. The number of rotatable bonds is 5. The number of nitrogens with zero attached hydrogens (tertiary/aromatic N) is 3. The standard InChI is InChI=1S/C19H18F5N5O/c1-8(12-13(20)15(22)17(24)16(23)14(12)21)30-11-5-3-2-4-10(11)28-18-9-6-27-29-19(9)26-7-25-18/h6-8,10-11H,2-5H2,1H3,(H2,25,26,27,28,29). The summed E-state index contributed by atoms with van der Waals surface area (Å²) in [4.78, 5) is 8.27. The van der Waals surface area contributed by atoms with Gasteiger partial charge in [0.25, 0.3) is 0 Å². The normalized spacial score (nSPS) is 20.5. The van der Waals surface area contributed by atoms with Gasteiger partial charge in [-0.1, -0.05) is 12.8 Å². The molecule has 0 bridgehead atoms. The van der Waals surface area contributed by atoms with Crippen LogP contribution in [0.15, 0.2) is 12.5 Å². The van der Waals surface area contributed by atoms with Crippen LogP contribution in [0, 0.1) is 29.1 Å². The van der Waals surface area contributed by atoms with Crippen molar-refractivity contribution in [1.82, 2.24) is 20.2 Å². The molecule has 1 fully saturated rings. The average molecular weight is 427 g/mol. The Morgan fingerprint density at radius 3 is 2.40 bits per heavy atom. The third-order valence-electron chi connectivity index (χ3n) is 5.30. The topological polar surface area (TPSA) is 75.7 Å². The van der Waals surface area contributed by atoms with Crippen LogP contribution in [0.4, 0.5) is 27.8 Å². The molecule has 2 heterocycles. The lowest BCUT2D eigenvalue weighted by Gasteiger charge is -2.34. The number of aromatic amines is 1. The van der Waals surface area contributed by atoms with Gasteiger partial charge < -0.3 is 10.1 Å². The van der Waals surface area contributed by atoms with Crippen molar-refractivity contribution in [3.8, 4) is 0 Å². The van der Waals surface area contributed by atoms with Gasteiger partial charge in [0.1, 0.15) is 12.1 Å². The van der Waals surface area contributed by atoms with Gasteiger partial charge in [-0.25, -0.2) is 31.9 Å². The van der Waals surface area contributed by atoms with Crippen molar-refractivity contribution >= 4 is 16.9 Å². The van der Waals surface area contributed by atoms with Gasteiger partial charge in [0.2, 0.25) is 5.82 Å². The molecule has 1 saturated carbocycles. The summed E-state index contributed by atoms with van der Waals surface area (Å²) < 4.78 is 74.6. The first-order valence-corrected chi connectivity index (χ1v) is 9.45. The van der Waals surface area contributed by atoms with E-state index in [2.05, 4.69) is 25.5 Å². The molecule has 2 aromatic heterocycles. The summed E-state index contributed by atoms with van der Waals surface area (Å²) in [5.41, 5.74) is -0.439. The van der Waals surface area contributed by atoms with E-state index in [0.717, 1.165) is 12.8 Å². The van der Waals surface area contributed by atoms with Gasteiger partial charge in [-0.05, 0) is 19.8 Å². The van der Waals surface area contributed by atoms with Crippen molar-refractivity contribution in [2.75, 3.05) is 5.32 Å². The molecular weight excluding hydrogens is 409 g/mol. The number of fused-ring (bicyclic) bond motifs is 1. The average Bonchev–Trinajstić information content (AvgIpc) is 3.22. The molecule has 30 heavy (non-hydrogen) atoms. The molecule has 1 aromatic carbocycles. The Morgan fingerprint density at radius 1 is 1.00 bits per heavy atom. The van der Waals surface area contributed by atoms with Crippen LogP contribution in [-0.4, -0.2) is 32.3 Å². The smallest absolute Gasteiger partial charge is 0.200 e. The van der Waals surface area contributed by atoms with E-state index in [1.165, 1.54) is 13.3 Å². The van der Waals surface area contributed by atoms with Gasteiger partial charge in [0.05, 0.1) is 35.4 Å². The molecule has 1 aliphatic rings. The lowest BCUT2D eigenvalue weighted by Crippen LogP contribution is -2.39. The molecule has 0 aliphatic heterocycles. The Balaban J connectivity index is 1.58. The molecule has 160 valence electrons. The van der Waals surface area contributed by atoms with E-state index < -0.39 is 46.9 Å². The molecule has 3 atom stereocenters. The number of aromatic nitrogens is 4.